The quantitative estimate of drug-likeness (QED) is 0.827. The monoisotopic (exact) mass is 242 g/mol. The predicted molar refractivity (Wildman–Crippen MR) is 71.5 cm³/mol. The van der Waals surface area contributed by atoms with E-state index in [1.165, 1.54) is 0 Å². The van der Waals surface area contributed by atoms with Gasteiger partial charge in [-0.2, -0.15) is 0 Å². The molecule has 3 heteroatoms. The highest BCUT2D eigenvalue weighted by atomic mass is 16.5. The summed E-state index contributed by atoms with van der Waals surface area (Å²) in [5, 5.41) is 0. The van der Waals surface area contributed by atoms with Crippen LogP contribution < -0.4 is 4.74 Å². The Kier molecular flexibility index (Phi) is 3.60. The largest absolute Gasteiger partial charge is 0.473 e. The molecule has 2 rings (SSSR count). The van der Waals surface area contributed by atoms with Crippen LogP contribution in [0.15, 0.2) is 42.7 Å². The number of aromatic nitrogens is 2. The fourth-order valence-corrected chi connectivity index (χ4v) is 1.56. The van der Waals surface area contributed by atoms with Crippen LogP contribution in [0, 0.1) is 0 Å². The van der Waals surface area contributed by atoms with Crippen LogP contribution in [0.4, 0.5) is 0 Å². The molecule has 0 fully saturated rings. The zero-order valence-corrected chi connectivity index (χ0v) is 11.1. The summed E-state index contributed by atoms with van der Waals surface area (Å²) < 4.78 is 5.68. The summed E-state index contributed by atoms with van der Waals surface area (Å²) in [6.07, 6.45) is 1.56. The maximum Gasteiger partial charge on any atom is 0.216 e. The van der Waals surface area contributed by atoms with Crippen molar-refractivity contribution in [2.45, 2.75) is 32.8 Å². The second-order valence-electron chi connectivity index (χ2n) is 5.27. The Morgan fingerprint density at radius 3 is 2.44 bits per heavy atom. The van der Waals surface area contributed by atoms with Gasteiger partial charge >= 0.3 is 0 Å². The highest BCUT2D eigenvalue weighted by Gasteiger charge is 2.16. The van der Waals surface area contributed by atoms with Gasteiger partial charge in [0.25, 0.3) is 0 Å². The van der Waals surface area contributed by atoms with Crippen molar-refractivity contribution in [3.8, 4) is 5.88 Å². The lowest BCUT2D eigenvalue weighted by Crippen LogP contribution is -2.14. The molecule has 0 saturated heterocycles. The lowest BCUT2D eigenvalue weighted by atomic mass is 9.92. The van der Waals surface area contributed by atoms with E-state index in [-0.39, 0.29) is 5.41 Å². The standard InChI is InChI=1S/C15H18N2O/c1-15(2,3)13-9-14(17-11-16-13)18-10-12-7-5-4-6-8-12/h4-9,11H,10H2,1-3H3. The van der Waals surface area contributed by atoms with Crippen molar-refractivity contribution >= 4 is 0 Å². The average Bonchev–Trinajstić information content (AvgIpc) is 2.37. The van der Waals surface area contributed by atoms with Gasteiger partial charge in [-0.1, -0.05) is 51.1 Å². The number of nitrogens with zero attached hydrogens (tertiary/aromatic N) is 2. The van der Waals surface area contributed by atoms with Crippen molar-refractivity contribution in [1.82, 2.24) is 9.97 Å². The summed E-state index contributed by atoms with van der Waals surface area (Å²) >= 11 is 0. The molecule has 1 heterocycles. The van der Waals surface area contributed by atoms with E-state index in [0.29, 0.717) is 12.5 Å². The fourth-order valence-electron chi connectivity index (χ4n) is 1.56. The van der Waals surface area contributed by atoms with Crippen molar-refractivity contribution in [3.05, 3.63) is 54.0 Å². The average molecular weight is 242 g/mol. The number of hydrogen-bond donors (Lipinski definition) is 0. The predicted octanol–water partition coefficient (Wildman–Crippen LogP) is 3.35. The first-order valence-corrected chi connectivity index (χ1v) is 6.05. The second kappa shape index (κ2) is 5.17. The maximum atomic E-state index is 5.68. The van der Waals surface area contributed by atoms with Crippen LogP contribution in [0.1, 0.15) is 32.0 Å². The minimum absolute atomic E-state index is 0.00774. The van der Waals surface area contributed by atoms with Gasteiger partial charge in [0.05, 0.1) is 5.69 Å². The zero-order valence-electron chi connectivity index (χ0n) is 11.1. The molecule has 0 bridgehead atoms. The van der Waals surface area contributed by atoms with Crippen molar-refractivity contribution in [2.75, 3.05) is 0 Å². The van der Waals surface area contributed by atoms with Gasteiger partial charge in [0.15, 0.2) is 0 Å². The Bertz CT molecular complexity index is 503. The van der Waals surface area contributed by atoms with Crippen molar-refractivity contribution in [1.29, 1.82) is 0 Å². The van der Waals surface area contributed by atoms with E-state index < -0.39 is 0 Å². The third-order valence-corrected chi connectivity index (χ3v) is 2.64. The molecule has 0 aliphatic rings. The molecule has 1 aromatic heterocycles. The van der Waals surface area contributed by atoms with Crippen LogP contribution in [0.3, 0.4) is 0 Å². The van der Waals surface area contributed by atoms with Crippen molar-refractivity contribution < 1.29 is 4.74 Å². The lowest BCUT2D eigenvalue weighted by Gasteiger charge is -2.17. The molecule has 1 aromatic carbocycles. The molecule has 0 saturated carbocycles. The first-order valence-electron chi connectivity index (χ1n) is 6.05. The van der Waals surface area contributed by atoms with Gasteiger partial charge in [-0.15, -0.1) is 0 Å². The molecule has 0 amide bonds. The second-order valence-corrected chi connectivity index (χ2v) is 5.27. The first kappa shape index (κ1) is 12.6. The van der Waals surface area contributed by atoms with Crippen LogP contribution in [-0.4, -0.2) is 9.97 Å². The van der Waals surface area contributed by atoms with E-state index in [1.54, 1.807) is 6.33 Å². The minimum atomic E-state index is 0.00774. The molecule has 94 valence electrons. The minimum Gasteiger partial charge on any atom is -0.473 e. The van der Waals surface area contributed by atoms with Gasteiger partial charge < -0.3 is 4.74 Å². The van der Waals surface area contributed by atoms with E-state index in [9.17, 15) is 0 Å². The molecular weight excluding hydrogens is 224 g/mol. The molecule has 3 nitrogen and oxygen atoms in total. The molecule has 0 aliphatic carbocycles. The Morgan fingerprint density at radius 1 is 1.06 bits per heavy atom. The van der Waals surface area contributed by atoms with E-state index in [2.05, 4.69) is 30.7 Å². The number of hydrogen-bond acceptors (Lipinski definition) is 3. The third-order valence-electron chi connectivity index (χ3n) is 2.64. The van der Waals surface area contributed by atoms with Crippen molar-refractivity contribution in [2.24, 2.45) is 0 Å². The third kappa shape index (κ3) is 3.29. The summed E-state index contributed by atoms with van der Waals surface area (Å²) in [6.45, 7) is 6.89. The van der Waals surface area contributed by atoms with Gasteiger partial charge in [-0.05, 0) is 5.56 Å². The molecule has 0 N–H and O–H groups in total. The molecule has 0 radical (unpaired) electrons. The van der Waals surface area contributed by atoms with Gasteiger partial charge in [0.2, 0.25) is 5.88 Å². The van der Waals surface area contributed by atoms with Crippen LogP contribution >= 0.6 is 0 Å². The fraction of sp³-hybridized carbons (Fsp3) is 0.333. The first-order chi connectivity index (χ1) is 8.55. The van der Waals surface area contributed by atoms with Gasteiger partial charge in [0, 0.05) is 11.5 Å². The summed E-state index contributed by atoms with van der Waals surface area (Å²) in [7, 11) is 0. The molecule has 2 aromatic rings. The normalized spacial score (nSPS) is 11.3. The molecule has 0 atom stereocenters. The van der Waals surface area contributed by atoms with Gasteiger partial charge in [-0.25, -0.2) is 9.97 Å². The molecule has 0 aliphatic heterocycles. The molecular formula is C15H18N2O. The van der Waals surface area contributed by atoms with Gasteiger partial charge in [0.1, 0.15) is 12.9 Å². The SMILES string of the molecule is CC(C)(C)c1cc(OCc2ccccc2)ncn1. The zero-order chi connectivity index (χ0) is 13.0. The van der Waals surface area contributed by atoms with E-state index in [4.69, 9.17) is 4.74 Å². The lowest BCUT2D eigenvalue weighted by molar-refractivity contribution is 0.292. The topological polar surface area (TPSA) is 35.0 Å². The smallest absolute Gasteiger partial charge is 0.216 e. The summed E-state index contributed by atoms with van der Waals surface area (Å²) in [5.41, 5.74) is 2.13. The van der Waals surface area contributed by atoms with Crippen LogP contribution in [0.5, 0.6) is 5.88 Å². The van der Waals surface area contributed by atoms with Crippen molar-refractivity contribution in [3.63, 3.8) is 0 Å². The van der Waals surface area contributed by atoms with Crippen LogP contribution in [-0.2, 0) is 12.0 Å². The number of rotatable bonds is 3. The van der Waals surface area contributed by atoms with Crippen LogP contribution in [0.2, 0.25) is 0 Å². The molecule has 0 unspecified atom stereocenters. The highest BCUT2D eigenvalue weighted by Crippen LogP contribution is 2.22. The number of benzene rings is 1. The van der Waals surface area contributed by atoms with E-state index in [1.807, 2.05) is 36.4 Å². The number of ether oxygens (including phenoxy) is 1. The summed E-state index contributed by atoms with van der Waals surface area (Å²) in [6, 6.07) is 12.0. The summed E-state index contributed by atoms with van der Waals surface area (Å²) in [5.74, 6) is 0.624. The van der Waals surface area contributed by atoms with Crippen LogP contribution in [0.25, 0.3) is 0 Å². The Labute approximate surface area is 108 Å². The Balaban J connectivity index is 2.06. The highest BCUT2D eigenvalue weighted by molar-refractivity contribution is 5.20. The molecule has 0 spiro atoms. The van der Waals surface area contributed by atoms with E-state index in [0.717, 1.165) is 11.3 Å². The van der Waals surface area contributed by atoms with E-state index >= 15 is 0 Å². The summed E-state index contributed by atoms with van der Waals surface area (Å²) in [4.78, 5) is 8.41. The Morgan fingerprint density at radius 2 is 1.78 bits per heavy atom. The Hall–Kier alpha value is -1.90. The maximum absolute atomic E-state index is 5.68. The molecule has 18 heavy (non-hydrogen) atoms. The van der Waals surface area contributed by atoms with Gasteiger partial charge in [-0.3, -0.25) is 0 Å².